The van der Waals surface area contributed by atoms with E-state index in [1.807, 2.05) is 121 Å². The Morgan fingerprint density at radius 2 is 0.681 bits per heavy atom. The molecule has 2 aliphatic rings. The van der Waals surface area contributed by atoms with Crippen molar-refractivity contribution in [1.29, 1.82) is 0 Å². The van der Waals surface area contributed by atoms with Gasteiger partial charge in [-0.15, -0.1) is 10.1 Å². The zero-order valence-corrected chi connectivity index (χ0v) is 40.5. The van der Waals surface area contributed by atoms with Crippen LogP contribution in [0.25, 0.3) is 0 Å². The second-order valence-electron chi connectivity index (χ2n) is 14.7. The first-order valence-electron chi connectivity index (χ1n) is 21.6. The summed E-state index contributed by atoms with van der Waals surface area (Å²) in [5.74, 6) is -2.33. The number of nitrogens with zero attached hydrogens (tertiary/aromatic N) is 2. The molecular formula is C50H49BrN2O14P2. The van der Waals surface area contributed by atoms with E-state index in [2.05, 4.69) is 15.9 Å². The van der Waals surface area contributed by atoms with Crippen LogP contribution in [0.3, 0.4) is 0 Å². The summed E-state index contributed by atoms with van der Waals surface area (Å²) in [5, 5.41) is 10.6. The molecule has 0 fully saturated rings. The van der Waals surface area contributed by atoms with E-state index >= 15 is 0 Å². The summed E-state index contributed by atoms with van der Waals surface area (Å²) >= 11 is 3.32. The molecule has 8 rings (SSSR count). The van der Waals surface area contributed by atoms with Crippen molar-refractivity contribution >= 4 is 55.2 Å². The third kappa shape index (κ3) is 15.9. The van der Waals surface area contributed by atoms with Gasteiger partial charge in [-0.25, -0.2) is 9.13 Å². The van der Waals surface area contributed by atoms with Crippen LogP contribution in [0.15, 0.2) is 170 Å². The molecule has 6 aromatic carbocycles. The number of hydrogen-bond acceptors (Lipinski definition) is 14. The second-order valence-corrected chi connectivity index (χ2v) is 18.9. The van der Waals surface area contributed by atoms with Crippen molar-refractivity contribution in [2.24, 2.45) is 0 Å². The predicted molar refractivity (Wildman–Crippen MR) is 257 cm³/mol. The molecule has 0 bridgehead atoms. The minimum atomic E-state index is -3.89. The Morgan fingerprint density at radius 1 is 0.391 bits per heavy atom. The molecule has 1 N–H and O–H groups in total. The summed E-state index contributed by atoms with van der Waals surface area (Å²) < 4.78 is 58.9. The standard InChI is InChI=1S/C25H24NO7P.C17H20BrO4P.C8H5NO3/c27-24-22-14-7-8-15-23(22)25(28)26(24)30-16-9-17-31-34(29,32-18-20-10-3-1-4-11-20)33-19-21-12-5-2-6-13-21;18-12-7-13-20-23(19,21-14-16-8-3-1-4-9-16)22-15-17-10-5-2-6-11-17;10-7-5-3-1-2-4-6(5)8(11)9(7)12/h1-8,10-15H,9,16-19H2;1-6,8-11H,7,12-15H2;1-4,12H. The van der Waals surface area contributed by atoms with E-state index in [0.717, 1.165) is 39.1 Å². The molecule has 0 spiro atoms. The normalized spacial score (nSPS) is 13.1. The van der Waals surface area contributed by atoms with E-state index in [4.69, 9.17) is 37.2 Å². The first kappa shape index (κ1) is 52.6. The van der Waals surface area contributed by atoms with Crippen molar-refractivity contribution < 1.29 is 65.5 Å². The van der Waals surface area contributed by atoms with Gasteiger partial charge in [-0.05, 0) is 59.4 Å². The number of amides is 4. The van der Waals surface area contributed by atoms with Gasteiger partial charge in [0.15, 0.2) is 0 Å². The SMILES string of the molecule is O=C1c2ccccc2C(=O)N1O.O=C1c2ccccc2C(=O)N1OCCCOP(=O)(OCc1ccccc1)OCc1ccccc1.O=P(OCCCBr)(OCc1ccccc1)OCc1ccccc1. The lowest BCUT2D eigenvalue weighted by Gasteiger charge is -2.19. The number of hydroxylamine groups is 4. The number of alkyl halides is 1. The van der Waals surface area contributed by atoms with Crippen LogP contribution in [0.5, 0.6) is 0 Å². The number of benzene rings is 6. The topological polar surface area (TPSA) is 194 Å². The molecule has 2 aliphatic heterocycles. The Labute approximate surface area is 407 Å². The van der Waals surface area contributed by atoms with E-state index in [-0.39, 0.29) is 62.3 Å². The number of phosphoric acid groups is 2. The highest BCUT2D eigenvalue weighted by Crippen LogP contribution is 2.52. The molecule has 6 aromatic rings. The molecule has 0 atom stereocenters. The molecule has 2 heterocycles. The van der Waals surface area contributed by atoms with Gasteiger partial charge in [-0.3, -0.25) is 56.4 Å². The monoisotopic (exact) mass is 1040 g/mol. The summed E-state index contributed by atoms with van der Waals surface area (Å²) in [6.45, 7) is 0.762. The van der Waals surface area contributed by atoms with Gasteiger partial charge in [0, 0.05) is 5.33 Å². The maximum absolute atomic E-state index is 13.2. The lowest BCUT2D eigenvalue weighted by molar-refractivity contribution is -0.0941. The number of carbonyl (C=O) groups is 4. The van der Waals surface area contributed by atoms with Gasteiger partial charge in [0.2, 0.25) is 0 Å². The maximum atomic E-state index is 13.2. The minimum Gasteiger partial charge on any atom is -0.287 e. The Morgan fingerprint density at radius 3 is 1.00 bits per heavy atom. The highest BCUT2D eigenvalue weighted by molar-refractivity contribution is 9.09. The zero-order chi connectivity index (χ0) is 48.9. The maximum Gasteiger partial charge on any atom is 0.475 e. The molecular weight excluding hydrogens is 994 g/mol. The fourth-order valence-electron chi connectivity index (χ4n) is 6.22. The lowest BCUT2D eigenvalue weighted by atomic mass is 10.1. The van der Waals surface area contributed by atoms with E-state index in [0.29, 0.717) is 17.7 Å². The first-order valence-corrected chi connectivity index (χ1v) is 25.6. The van der Waals surface area contributed by atoms with Gasteiger partial charge in [0.1, 0.15) is 0 Å². The van der Waals surface area contributed by atoms with Crippen LogP contribution in [0.4, 0.5) is 0 Å². The molecule has 360 valence electrons. The minimum absolute atomic E-state index is 0.00282. The molecule has 0 unspecified atom stereocenters. The molecule has 16 nitrogen and oxygen atoms in total. The summed E-state index contributed by atoms with van der Waals surface area (Å²) in [5.41, 5.74) is 4.59. The van der Waals surface area contributed by atoms with Gasteiger partial charge in [-0.2, -0.15) is 0 Å². The van der Waals surface area contributed by atoms with E-state index < -0.39 is 39.3 Å². The number of phosphoric ester groups is 2. The van der Waals surface area contributed by atoms with Crippen molar-refractivity contribution in [3.8, 4) is 0 Å². The third-order valence-corrected chi connectivity index (χ3v) is 13.1. The molecule has 69 heavy (non-hydrogen) atoms. The molecule has 0 saturated carbocycles. The number of fused-ring (bicyclic) bond motifs is 2. The van der Waals surface area contributed by atoms with Crippen LogP contribution in [0.2, 0.25) is 0 Å². The molecule has 4 amide bonds. The predicted octanol–water partition coefficient (Wildman–Crippen LogP) is 11.2. The molecule has 19 heteroatoms. The summed E-state index contributed by atoms with van der Waals surface area (Å²) in [6.07, 6.45) is 0.980. The van der Waals surface area contributed by atoms with Gasteiger partial charge < -0.3 is 0 Å². The van der Waals surface area contributed by atoms with Crippen LogP contribution in [-0.2, 0) is 67.5 Å². The van der Waals surface area contributed by atoms with Gasteiger partial charge in [0.25, 0.3) is 23.6 Å². The van der Waals surface area contributed by atoms with Crippen molar-refractivity contribution in [3.05, 3.63) is 214 Å². The van der Waals surface area contributed by atoms with Crippen molar-refractivity contribution in [1.82, 2.24) is 10.1 Å². The average Bonchev–Trinajstić information content (AvgIpc) is 3.77. The molecule has 0 saturated heterocycles. The van der Waals surface area contributed by atoms with Crippen LogP contribution in [0.1, 0.15) is 76.5 Å². The average molecular weight is 1040 g/mol. The van der Waals surface area contributed by atoms with Gasteiger partial charge >= 0.3 is 15.6 Å². The zero-order valence-electron chi connectivity index (χ0n) is 37.2. The lowest BCUT2D eigenvalue weighted by Crippen LogP contribution is -2.30. The number of halogens is 1. The fourth-order valence-corrected chi connectivity index (χ4v) is 8.83. The van der Waals surface area contributed by atoms with Gasteiger partial charge in [0.05, 0.1) is 68.5 Å². The summed E-state index contributed by atoms with van der Waals surface area (Å²) in [4.78, 5) is 52.2. The van der Waals surface area contributed by atoms with Crippen molar-refractivity contribution in [3.63, 3.8) is 0 Å². The van der Waals surface area contributed by atoms with Crippen LogP contribution < -0.4 is 0 Å². The molecule has 0 radical (unpaired) electrons. The third-order valence-electron chi connectivity index (χ3n) is 9.74. The molecule has 0 aliphatic carbocycles. The van der Waals surface area contributed by atoms with Crippen LogP contribution in [0, 0.1) is 0 Å². The van der Waals surface area contributed by atoms with Crippen molar-refractivity contribution in [2.45, 2.75) is 39.3 Å². The number of hydrogen-bond donors (Lipinski definition) is 1. The highest BCUT2D eigenvalue weighted by Gasteiger charge is 2.37. The number of imide groups is 2. The smallest absolute Gasteiger partial charge is 0.287 e. The largest absolute Gasteiger partial charge is 0.475 e. The first-order chi connectivity index (χ1) is 33.5. The number of rotatable bonds is 22. The van der Waals surface area contributed by atoms with E-state index in [1.165, 1.54) is 12.1 Å². The quantitative estimate of drug-likeness (QED) is 0.0222. The van der Waals surface area contributed by atoms with Gasteiger partial charge in [-0.1, -0.05) is 162 Å². The van der Waals surface area contributed by atoms with Crippen molar-refractivity contribution in [2.75, 3.05) is 25.2 Å². The Kier molecular flexibility index (Phi) is 20.5. The fraction of sp³-hybridized carbons (Fsp3) is 0.200. The molecule has 0 aromatic heterocycles. The Hall–Kier alpha value is -5.78. The summed E-state index contributed by atoms with van der Waals surface area (Å²) in [6, 6.07) is 50.4. The Balaban J connectivity index is 0.000000191. The van der Waals surface area contributed by atoms with Crippen LogP contribution in [-0.4, -0.2) is 64.1 Å². The van der Waals surface area contributed by atoms with E-state index in [1.54, 1.807) is 36.4 Å². The summed E-state index contributed by atoms with van der Waals surface area (Å²) in [7, 11) is -7.49. The Bertz CT molecular complexity index is 2540. The van der Waals surface area contributed by atoms with E-state index in [9.17, 15) is 28.3 Å². The highest BCUT2D eigenvalue weighted by atomic mass is 79.9. The second kappa shape index (κ2) is 26.8. The van der Waals surface area contributed by atoms with Crippen LogP contribution >= 0.6 is 31.6 Å². The number of carbonyl (C=O) groups excluding carboxylic acids is 4.